The van der Waals surface area contributed by atoms with Crippen molar-refractivity contribution in [2.75, 3.05) is 6.61 Å². The van der Waals surface area contributed by atoms with Crippen LogP contribution < -0.4 is 26.4 Å². The summed E-state index contributed by atoms with van der Waals surface area (Å²) in [6, 6.07) is 47.1. The maximum absolute atomic E-state index is 11.5. The number of aryl methyl sites for hydroxylation is 1. The number of nitrogens with zero attached hydrogens (tertiary/aromatic N) is 1. The van der Waals surface area contributed by atoms with E-state index in [2.05, 4.69) is 121 Å². The average Bonchev–Trinajstić information content (AvgIpc) is 3.07. The van der Waals surface area contributed by atoms with Crippen molar-refractivity contribution in [2.24, 2.45) is 0 Å². The highest BCUT2D eigenvalue weighted by atomic mass is 16.5. The van der Waals surface area contributed by atoms with E-state index in [1.807, 2.05) is 16.8 Å². The summed E-state index contributed by atoms with van der Waals surface area (Å²) >= 11 is 0. The number of aromatic nitrogens is 1. The molecule has 0 saturated heterocycles. The van der Waals surface area contributed by atoms with Gasteiger partial charge in [0.2, 0.25) is 0 Å². The number of aliphatic carboxylic acids is 1. The van der Waals surface area contributed by atoms with Crippen molar-refractivity contribution in [1.82, 2.24) is 0 Å². The molecule has 0 atom stereocenters. The number of carbonyl (C=O) groups is 2. The summed E-state index contributed by atoms with van der Waals surface area (Å²) in [4.78, 5) is 21.9. The monoisotopic (exact) mass is 585 g/mol. The first-order valence-electron chi connectivity index (χ1n) is 15.3. The molecule has 224 valence electrons. The third kappa shape index (κ3) is 8.32. The standard InChI is InChI=1S/C24H20B.C14H19NO4/c1-5-13-21(14-6-1)25(22-15-7-2-8-16-22,23-17-9-3-10-18-23)24-19-11-4-12-20-24;1-2-19-14(18)12-7-6-10-15(11-12)9-5-3-4-8-13(16)17/h1-20H;6-7,10-11H,2-5,8-9H2,1H3/q-1;/p+1. The molecule has 0 bridgehead atoms. The second-order valence-corrected chi connectivity index (χ2v) is 10.8. The van der Waals surface area contributed by atoms with E-state index in [4.69, 9.17) is 9.84 Å². The number of unbranched alkanes of at least 4 members (excludes halogenated alkanes) is 2. The smallest absolute Gasteiger partial charge is 0.344 e. The molecule has 0 fully saturated rings. The van der Waals surface area contributed by atoms with Crippen LogP contribution in [0.5, 0.6) is 0 Å². The summed E-state index contributed by atoms with van der Waals surface area (Å²) in [5.74, 6) is -1.07. The van der Waals surface area contributed by atoms with Crippen LogP contribution in [0.4, 0.5) is 0 Å². The van der Waals surface area contributed by atoms with Gasteiger partial charge < -0.3 is 9.84 Å². The van der Waals surface area contributed by atoms with Gasteiger partial charge in [0.05, 0.1) is 6.61 Å². The predicted octanol–water partition coefficient (Wildman–Crippen LogP) is 4.86. The Labute approximate surface area is 260 Å². The zero-order valence-corrected chi connectivity index (χ0v) is 25.3. The first-order chi connectivity index (χ1) is 21.6. The average molecular weight is 586 g/mol. The van der Waals surface area contributed by atoms with Crippen LogP contribution in [0.25, 0.3) is 0 Å². The summed E-state index contributed by atoms with van der Waals surface area (Å²) in [5, 5.41) is 8.52. The number of carboxylic acids is 1. The highest BCUT2D eigenvalue weighted by Gasteiger charge is 2.31. The fourth-order valence-electron chi connectivity index (χ4n) is 5.87. The zero-order chi connectivity index (χ0) is 31.0. The molecule has 0 spiro atoms. The summed E-state index contributed by atoms with van der Waals surface area (Å²) in [7, 11) is 0. The van der Waals surface area contributed by atoms with Crippen LogP contribution in [0.3, 0.4) is 0 Å². The van der Waals surface area contributed by atoms with Crippen LogP contribution in [0.2, 0.25) is 0 Å². The van der Waals surface area contributed by atoms with E-state index in [0.29, 0.717) is 18.6 Å². The summed E-state index contributed by atoms with van der Waals surface area (Å²) in [6.07, 6.45) is 5.09. The van der Waals surface area contributed by atoms with Gasteiger partial charge in [-0.05, 0) is 25.8 Å². The van der Waals surface area contributed by atoms with Gasteiger partial charge in [-0.3, -0.25) is 4.79 Å². The lowest BCUT2D eigenvalue weighted by atomic mass is 9.13. The van der Waals surface area contributed by atoms with Crippen molar-refractivity contribution in [2.45, 2.75) is 39.2 Å². The zero-order valence-electron chi connectivity index (χ0n) is 25.3. The van der Waals surface area contributed by atoms with E-state index in [1.54, 1.807) is 19.2 Å². The molecule has 1 aromatic heterocycles. The molecule has 0 aliphatic carbocycles. The molecule has 0 aliphatic heterocycles. The molecule has 44 heavy (non-hydrogen) atoms. The Morgan fingerprint density at radius 2 is 1.09 bits per heavy atom. The van der Waals surface area contributed by atoms with Gasteiger partial charge >= 0.3 is 11.9 Å². The third-order valence-corrected chi connectivity index (χ3v) is 7.87. The van der Waals surface area contributed by atoms with Crippen molar-refractivity contribution >= 4 is 39.9 Å². The van der Waals surface area contributed by atoms with Crippen molar-refractivity contribution in [3.05, 3.63) is 151 Å². The summed E-state index contributed by atoms with van der Waals surface area (Å²) < 4.78 is 6.86. The Morgan fingerprint density at radius 1 is 0.636 bits per heavy atom. The molecular formula is C38H40BNO4. The minimum absolute atomic E-state index is 0.216. The Balaban J connectivity index is 0.000000210. The fraction of sp³-hybridized carbons (Fsp3) is 0.184. The molecule has 1 N–H and O–H groups in total. The van der Waals surface area contributed by atoms with E-state index < -0.39 is 12.1 Å². The van der Waals surface area contributed by atoms with Crippen LogP contribution in [0.1, 0.15) is 43.0 Å². The van der Waals surface area contributed by atoms with Gasteiger partial charge in [0.1, 0.15) is 18.3 Å². The largest absolute Gasteiger partial charge is 0.481 e. The number of carbonyl (C=O) groups excluding carboxylic acids is 1. The fourth-order valence-corrected chi connectivity index (χ4v) is 5.87. The molecule has 5 aromatic rings. The molecule has 5 rings (SSSR count). The maximum Gasteiger partial charge on any atom is 0.344 e. The molecule has 5 nitrogen and oxygen atoms in total. The van der Waals surface area contributed by atoms with Gasteiger partial charge in [-0.2, -0.15) is 21.9 Å². The van der Waals surface area contributed by atoms with E-state index in [1.165, 1.54) is 21.9 Å². The third-order valence-electron chi connectivity index (χ3n) is 7.87. The normalized spacial score (nSPS) is 10.8. The van der Waals surface area contributed by atoms with Gasteiger partial charge in [-0.25, -0.2) is 9.36 Å². The highest BCUT2D eigenvalue weighted by Crippen LogP contribution is 2.09. The van der Waals surface area contributed by atoms with Crippen molar-refractivity contribution in [3.8, 4) is 0 Å². The first kappa shape index (κ1) is 32.0. The molecule has 6 heteroatoms. The molecule has 0 aliphatic rings. The molecule has 0 unspecified atom stereocenters. The van der Waals surface area contributed by atoms with Crippen LogP contribution in [0.15, 0.2) is 146 Å². The van der Waals surface area contributed by atoms with Crippen molar-refractivity contribution < 1.29 is 24.0 Å². The number of carboxylic acid groups (broad SMARTS) is 1. The van der Waals surface area contributed by atoms with E-state index >= 15 is 0 Å². The Morgan fingerprint density at radius 3 is 1.50 bits per heavy atom. The molecule has 1 heterocycles. The lowest BCUT2D eigenvalue weighted by Crippen LogP contribution is -2.74. The number of benzene rings is 4. The summed E-state index contributed by atoms with van der Waals surface area (Å²) in [5.41, 5.74) is 5.89. The molecule has 0 radical (unpaired) electrons. The van der Waals surface area contributed by atoms with E-state index in [-0.39, 0.29) is 12.4 Å². The van der Waals surface area contributed by atoms with Gasteiger partial charge in [0.25, 0.3) is 0 Å². The number of hydrogen-bond acceptors (Lipinski definition) is 3. The first-order valence-corrected chi connectivity index (χ1v) is 15.3. The van der Waals surface area contributed by atoms with Crippen molar-refractivity contribution in [1.29, 1.82) is 0 Å². The molecule has 4 aromatic carbocycles. The number of rotatable bonds is 12. The van der Waals surface area contributed by atoms with Gasteiger partial charge in [-0.1, -0.05) is 121 Å². The quantitative estimate of drug-likeness (QED) is 0.0984. The van der Waals surface area contributed by atoms with Gasteiger partial charge in [-0.15, -0.1) is 0 Å². The lowest BCUT2D eigenvalue weighted by molar-refractivity contribution is -0.697. The number of pyridine rings is 1. The second-order valence-electron chi connectivity index (χ2n) is 10.8. The predicted molar refractivity (Wildman–Crippen MR) is 179 cm³/mol. The minimum Gasteiger partial charge on any atom is -0.481 e. The Kier molecular flexibility index (Phi) is 12.1. The van der Waals surface area contributed by atoms with Crippen LogP contribution in [-0.2, 0) is 16.1 Å². The van der Waals surface area contributed by atoms with Crippen molar-refractivity contribution in [3.63, 3.8) is 0 Å². The van der Waals surface area contributed by atoms with Crippen LogP contribution in [-0.4, -0.2) is 29.8 Å². The minimum atomic E-state index is -1.22. The molecule has 0 amide bonds. The second kappa shape index (κ2) is 16.6. The highest BCUT2D eigenvalue weighted by molar-refractivity contribution is 7.19. The van der Waals surface area contributed by atoms with Gasteiger partial charge in [0, 0.05) is 18.9 Å². The van der Waals surface area contributed by atoms with Crippen LogP contribution >= 0.6 is 0 Å². The molecular weight excluding hydrogens is 545 g/mol. The van der Waals surface area contributed by atoms with E-state index in [0.717, 1.165) is 19.4 Å². The SMILES string of the molecule is CCOC(=O)c1ccc[n+](CCCCCC(=O)O)c1.c1ccc([B-](c2ccccc2)(c2ccccc2)c2ccccc2)cc1. The topological polar surface area (TPSA) is 67.5 Å². The van der Waals surface area contributed by atoms with Gasteiger partial charge in [0.15, 0.2) is 12.4 Å². The van der Waals surface area contributed by atoms with E-state index in [9.17, 15) is 9.59 Å². The Hall–Kier alpha value is -4.97. The number of esters is 1. The summed E-state index contributed by atoms with van der Waals surface area (Å²) in [6.45, 7) is 2.91. The maximum atomic E-state index is 11.5. The van der Waals surface area contributed by atoms with Crippen LogP contribution in [0, 0.1) is 0 Å². The lowest BCUT2D eigenvalue weighted by Gasteiger charge is -2.44. The number of hydrogen-bond donors (Lipinski definition) is 1. The molecule has 0 saturated carbocycles. The number of ether oxygens (including phenoxy) is 1. The Bertz CT molecular complexity index is 1420.